The molecular weight excluding hydrogens is 340 g/mol. The van der Waals surface area contributed by atoms with Gasteiger partial charge in [-0.05, 0) is 12.5 Å². The van der Waals surface area contributed by atoms with Gasteiger partial charge >= 0.3 is 17.9 Å². The Morgan fingerprint density at radius 1 is 1.24 bits per heavy atom. The van der Waals surface area contributed by atoms with Gasteiger partial charge in [-0.2, -0.15) is 0 Å². The lowest BCUT2D eigenvalue weighted by atomic mass is 10.2. The van der Waals surface area contributed by atoms with E-state index in [0.717, 1.165) is 5.56 Å². The van der Waals surface area contributed by atoms with Crippen molar-refractivity contribution in [1.82, 2.24) is 0 Å². The van der Waals surface area contributed by atoms with E-state index in [-0.39, 0.29) is 18.6 Å². The maximum absolute atomic E-state index is 11.6. The monoisotopic (exact) mass is 354 g/mol. The first kappa shape index (κ1) is 17.1. The number of ether oxygens (including phenoxy) is 2. The molecule has 1 rings (SSSR count). The molecule has 112 valence electrons. The van der Waals surface area contributed by atoms with Crippen LogP contribution < -0.4 is 0 Å². The van der Waals surface area contributed by atoms with Gasteiger partial charge in [0.1, 0.15) is 11.4 Å². The quantitative estimate of drug-likeness (QED) is 0.339. The SMILES string of the molecule is C=C(C)C(=O)OCC(Br)C(=O)OC(=O)Cc1ccccc1. The minimum Gasteiger partial charge on any atom is -0.461 e. The third-order valence-electron chi connectivity index (χ3n) is 2.37. The predicted octanol–water partition coefficient (Wildman–Crippen LogP) is 2.18. The van der Waals surface area contributed by atoms with E-state index in [0.29, 0.717) is 0 Å². The zero-order chi connectivity index (χ0) is 15.8. The summed E-state index contributed by atoms with van der Waals surface area (Å²) in [6.45, 7) is 4.67. The van der Waals surface area contributed by atoms with Crippen molar-refractivity contribution in [2.24, 2.45) is 0 Å². The Hall–Kier alpha value is -1.95. The molecule has 0 amide bonds. The summed E-state index contributed by atoms with van der Waals surface area (Å²) in [6, 6.07) is 8.91. The van der Waals surface area contributed by atoms with E-state index >= 15 is 0 Å². The minimum atomic E-state index is -0.902. The minimum absolute atomic E-state index is 0.00213. The third-order valence-corrected chi connectivity index (χ3v) is 3.01. The van der Waals surface area contributed by atoms with Crippen LogP contribution >= 0.6 is 15.9 Å². The number of rotatable bonds is 6. The average Bonchev–Trinajstić information content (AvgIpc) is 2.44. The second kappa shape index (κ2) is 8.36. The molecule has 0 saturated heterocycles. The summed E-state index contributed by atoms with van der Waals surface area (Å²) in [5.74, 6) is -2.07. The van der Waals surface area contributed by atoms with Crippen LogP contribution in [0.25, 0.3) is 0 Å². The van der Waals surface area contributed by atoms with Gasteiger partial charge in [0.25, 0.3) is 0 Å². The zero-order valence-electron chi connectivity index (χ0n) is 11.5. The molecule has 6 heteroatoms. The molecule has 0 aromatic heterocycles. The molecule has 1 unspecified atom stereocenters. The Kier molecular flexibility index (Phi) is 6.81. The summed E-state index contributed by atoms with van der Waals surface area (Å²) in [5.41, 5.74) is 0.971. The van der Waals surface area contributed by atoms with Crippen molar-refractivity contribution in [3.05, 3.63) is 48.0 Å². The highest BCUT2D eigenvalue weighted by molar-refractivity contribution is 9.10. The fourth-order valence-corrected chi connectivity index (χ4v) is 1.54. The number of carbonyl (C=O) groups is 3. The Labute approximate surface area is 131 Å². The van der Waals surface area contributed by atoms with Crippen LogP contribution in [0.2, 0.25) is 0 Å². The van der Waals surface area contributed by atoms with Crippen LogP contribution in [-0.4, -0.2) is 29.3 Å². The molecule has 5 nitrogen and oxygen atoms in total. The number of esters is 3. The van der Waals surface area contributed by atoms with Crippen LogP contribution in [0.3, 0.4) is 0 Å². The summed E-state index contributed by atoms with van der Waals surface area (Å²) >= 11 is 3.00. The molecule has 0 aliphatic rings. The van der Waals surface area contributed by atoms with Gasteiger partial charge in [0.2, 0.25) is 0 Å². The highest BCUT2D eigenvalue weighted by Gasteiger charge is 2.22. The van der Waals surface area contributed by atoms with Gasteiger partial charge in [0.05, 0.1) is 6.42 Å². The van der Waals surface area contributed by atoms with Gasteiger partial charge in [-0.1, -0.05) is 52.8 Å². The molecule has 0 aliphatic carbocycles. The van der Waals surface area contributed by atoms with Gasteiger partial charge in [0, 0.05) is 5.57 Å². The first-order valence-electron chi connectivity index (χ1n) is 6.15. The molecule has 0 N–H and O–H groups in total. The first-order valence-corrected chi connectivity index (χ1v) is 7.07. The van der Waals surface area contributed by atoms with Gasteiger partial charge in [-0.3, -0.25) is 9.59 Å². The van der Waals surface area contributed by atoms with Gasteiger partial charge < -0.3 is 9.47 Å². The number of alkyl halides is 1. The van der Waals surface area contributed by atoms with Crippen molar-refractivity contribution < 1.29 is 23.9 Å². The molecular formula is C15H15BrO5. The molecule has 1 aromatic carbocycles. The Balaban J connectivity index is 2.39. The second-order valence-electron chi connectivity index (χ2n) is 4.30. The Morgan fingerprint density at radius 3 is 2.43 bits per heavy atom. The molecule has 21 heavy (non-hydrogen) atoms. The summed E-state index contributed by atoms with van der Waals surface area (Å²) in [6.07, 6.45) is -0.00213. The van der Waals surface area contributed by atoms with Crippen LogP contribution in [0.15, 0.2) is 42.5 Å². The number of carbonyl (C=O) groups excluding carboxylic acids is 3. The van der Waals surface area contributed by atoms with Crippen molar-refractivity contribution in [1.29, 1.82) is 0 Å². The number of benzene rings is 1. The van der Waals surface area contributed by atoms with Crippen molar-refractivity contribution in [3.63, 3.8) is 0 Å². The first-order chi connectivity index (χ1) is 9.90. The van der Waals surface area contributed by atoms with Crippen LogP contribution in [0.4, 0.5) is 0 Å². The number of halogens is 1. The molecule has 0 heterocycles. The van der Waals surface area contributed by atoms with Crippen LogP contribution in [0, 0.1) is 0 Å². The van der Waals surface area contributed by atoms with E-state index < -0.39 is 22.7 Å². The zero-order valence-corrected chi connectivity index (χ0v) is 13.1. The van der Waals surface area contributed by atoms with Gasteiger partial charge in [-0.25, -0.2) is 4.79 Å². The molecule has 0 radical (unpaired) electrons. The van der Waals surface area contributed by atoms with E-state index in [1.807, 2.05) is 6.07 Å². The van der Waals surface area contributed by atoms with Gasteiger partial charge in [-0.15, -0.1) is 0 Å². The van der Waals surface area contributed by atoms with Crippen LogP contribution in [0.1, 0.15) is 12.5 Å². The third kappa shape index (κ3) is 6.35. The van der Waals surface area contributed by atoms with Crippen LogP contribution in [-0.2, 0) is 30.3 Å². The van der Waals surface area contributed by atoms with Gasteiger partial charge in [0.15, 0.2) is 0 Å². The topological polar surface area (TPSA) is 69.7 Å². The van der Waals surface area contributed by atoms with E-state index in [4.69, 9.17) is 4.74 Å². The van der Waals surface area contributed by atoms with E-state index in [1.54, 1.807) is 24.3 Å². The molecule has 0 saturated carbocycles. The predicted molar refractivity (Wildman–Crippen MR) is 79.7 cm³/mol. The molecule has 1 atom stereocenters. The lowest BCUT2D eigenvalue weighted by molar-refractivity contribution is -0.159. The largest absolute Gasteiger partial charge is 0.461 e. The maximum Gasteiger partial charge on any atom is 0.333 e. The molecule has 0 spiro atoms. The second-order valence-corrected chi connectivity index (χ2v) is 5.41. The van der Waals surface area contributed by atoms with Crippen molar-refractivity contribution >= 4 is 33.8 Å². The molecule has 0 aliphatic heterocycles. The number of hydrogen-bond acceptors (Lipinski definition) is 5. The smallest absolute Gasteiger partial charge is 0.333 e. The standard InChI is InChI=1S/C15H15BrO5/c1-10(2)14(18)20-9-12(16)15(19)21-13(17)8-11-6-4-3-5-7-11/h3-7,12H,1,8-9H2,2H3. The number of hydrogen-bond donors (Lipinski definition) is 0. The van der Waals surface area contributed by atoms with E-state index in [1.165, 1.54) is 6.92 Å². The summed E-state index contributed by atoms with van der Waals surface area (Å²) in [5, 5.41) is 0. The van der Waals surface area contributed by atoms with E-state index in [2.05, 4.69) is 27.2 Å². The van der Waals surface area contributed by atoms with E-state index in [9.17, 15) is 14.4 Å². The Morgan fingerprint density at radius 2 is 1.86 bits per heavy atom. The fraction of sp³-hybridized carbons (Fsp3) is 0.267. The molecule has 0 bridgehead atoms. The van der Waals surface area contributed by atoms with Crippen molar-refractivity contribution in [2.75, 3.05) is 6.61 Å². The van der Waals surface area contributed by atoms with Crippen molar-refractivity contribution in [2.45, 2.75) is 18.2 Å². The Bertz CT molecular complexity index is 538. The molecule has 0 fully saturated rings. The summed E-state index contributed by atoms with van der Waals surface area (Å²) < 4.78 is 9.46. The highest BCUT2D eigenvalue weighted by atomic mass is 79.9. The lowest BCUT2D eigenvalue weighted by Gasteiger charge is -2.09. The summed E-state index contributed by atoms with van der Waals surface area (Å²) in [4.78, 5) is 33.5. The summed E-state index contributed by atoms with van der Waals surface area (Å²) in [7, 11) is 0. The maximum atomic E-state index is 11.6. The lowest BCUT2D eigenvalue weighted by Crippen LogP contribution is -2.27. The highest BCUT2D eigenvalue weighted by Crippen LogP contribution is 2.07. The van der Waals surface area contributed by atoms with Crippen LogP contribution in [0.5, 0.6) is 0 Å². The average molecular weight is 355 g/mol. The molecule has 1 aromatic rings. The van der Waals surface area contributed by atoms with Crippen molar-refractivity contribution in [3.8, 4) is 0 Å². The fourth-order valence-electron chi connectivity index (χ4n) is 1.31. The normalized spacial score (nSPS) is 11.3.